The second-order valence-electron chi connectivity index (χ2n) is 7.57. The lowest BCUT2D eigenvalue weighted by Crippen LogP contribution is -1.84. The smallest absolute Gasteiger partial charge is 0.137 e. The van der Waals surface area contributed by atoms with E-state index in [2.05, 4.69) is 73.7 Å². The molecule has 0 radical (unpaired) electrons. The Balaban J connectivity index is 1.68. The number of hydrogen-bond donors (Lipinski definition) is 0. The predicted octanol–water partition coefficient (Wildman–Crippen LogP) is 8.52. The zero-order valence-electron chi connectivity index (χ0n) is 15.9. The average Bonchev–Trinajstić information content (AvgIpc) is 3.11. The van der Waals surface area contributed by atoms with E-state index in [1.54, 1.807) is 0 Å². The highest BCUT2D eigenvalue weighted by molar-refractivity contribution is 6.38. The summed E-state index contributed by atoms with van der Waals surface area (Å²) in [6.07, 6.45) is 0. The van der Waals surface area contributed by atoms with Crippen molar-refractivity contribution in [1.82, 2.24) is 0 Å². The maximum atomic E-state index is 6.51. The van der Waals surface area contributed by atoms with Gasteiger partial charge in [-0.3, -0.25) is 0 Å². The van der Waals surface area contributed by atoms with Gasteiger partial charge in [0.15, 0.2) is 0 Å². The number of fused-ring (bicyclic) bond motifs is 6. The van der Waals surface area contributed by atoms with Crippen molar-refractivity contribution in [2.75, 3.05) is 0 Å². The van der Waals surface area contributed by atoms with E-state index in [1.165, 1.54) is 21.9 Å². The van der Waals surface area contributed by atoms with Gasteiger partial charge in [-0.2, -0.15) is 0 Å². The fourth-order valence-corrected chi connectivity index (χ4v) is 4.80. The summed E-state index contributed by atoms with van der Waals surface area (Å²) in [5.74, 6) is 0. The molecule has 0 amide bonds. The van der Waals surface area contributed by atoms with E-state index in [1.807, 2.05) is 18.2 Å². The molecule has 0 aliphatic heterocycles. The molecule has 0 spiro atoms. The van der Waals surface area contributed by atoms with Crippen molar-refractivity contribution < 1.29 is 4.42 Å². The van der Waals surface area contributed by atoms with E-state index >= 15 is 0 Å². The first kappa shape index (κ1) is 16.6. The van der Waals surface area contributed by atoms with Crippen molar-refractivity contribution in [2.45, 2.75) is 6.92 Å². The van der Waals surface area contributed by atoms with Gasteiger partial charge in [0.25, 0.3) is 0 Å². The SMILES string of the molecule is Cc1cccc2cccc(-c3ccc4c(c3)oc3cc(Cl)c5ccccc5c34)c12. The van der Waals surface area contributed by atoms with Gasteiger partial charge in [-0.05, 0) is 51.9 Å². The number of rotatable bonds is 1. The molecule has 29 heavy (non-hydrogen) atoms. The zero-order valence-corrected chi connectivity index (χ0v) is 16.6. The van der Waals surface area contributed by atoms with Gasteiger partial charge in [0.2, 0.25) is 0 Å². The minimum Gasteiger partial charge on any atom is -0.456 e. The summed E-state index contributed by atoms with van der Waals surface area (Å²) in [4.78, 5) is 0. The second kappa shape index (κ2) is 6.10. The number of hydrogen-bond acceptors (Lipinski definition) is 1. The molecule has 0 saturated carbocycles. The van der Waals surface area contributed by atoms with Crippen LogP contribution in [0, 0.1) is 6.92 Å². The molecule has 0 unspecified atom stereocenters. The Morgan fingerprint density at radius 2 is 1.45 bits per heavy atom. The van der Waals surface area contributed by atoms with Gasteiger partial charge in [0, 0.05) is 22.2 Å². The van der Waals surface area contributed by atoms with E-state index in [4.69, 9.17) is 16.0 Å². The standard InChI is InChI=1S/C27H17ClO/c1-16-6-4-7-17-8-5-11-19(26(16)17)18-12-13-22-24(14-18)29-25-15-23(28)20-9-2-3-10-21(20)27(22)25/h2-15H,1H3. The molecule has 5 aromatic carbocycles. The van der Waals surface area contributed by atoms with E-state index < -0.39 is 0 Å². The molecule has 0 saturated heterocycles. The molecule has 6 aromatic rings. The summed E-state index contributed by atoms with van der Waals surface area (Å²) in [5.41, 5.74) is 5.38. The molecular weight excluding hydrogens is 376 g/mol. The Kier molecular flexibility index (Phi) is 3.50. The molecule has 0 bridgehead atoms. The maximum absolute atomic E-state index is 6.51. The highest BCUT2D eigenvalue weighted by Gasteiger charge is 2.14. The summed E-state index contributed by atoms with van der Waals surface area (Å²) in [6.45, 7) is 2.17. The van der Waals surface area contributed by atoms with Crippen LogP contribution in [0.25, 0.3) is 54.6 Å². The Labute approximate surface area is 173 Å². The van der Waals surface area contributed by atoms with Crippen molar-refractivity contribution in [2.24, 2.45) is 0 Å². The summed E-state index contributed by atoms with van der Waals surface area (Å²) in [6, 6.07) is 29.6. The second-order valence-corrected chi connectivity index (χ2v) is 7.98. The summed E-state index contributed by atoms with van der Waals surface area (Å²) in [7, 11) is 0. The van der Waals surface area contributed by atoms with Crippen molar-refractivity contribution in [3.63, 3.8) is 0 Å². The first-order valence-electron chi connectivity index (χ1n) is 9.73. The van der Waals surface area contributed by atoms with Crippen LogP contribution in [-0.2, 0) is 0 Å². The Morgan fingerprint density at radius 3 is 2.31 bits per heavy atom. The summed E-state index contributed by atoms with van der Waals surface area (Å²) < 4.78 is 6.26. The van der Waals surface area contributed by atoms with Gasteiger partial charge in [-0.1, -0.05) is 78.3 Å². The number of benzene rings is 5. The fraction of sp³-hybridized carbons (Fsp3) is 0.0370. The highest BCUT2D eigenvalue weighted by Crippen LogP contribution is 2.40. The molecular formula is C27H17ClO. The van der Waals surface area contributed by atoms with Crippen LogP contribution in [0.3, 0.4) is 0 Å². The molecule has 1 nitrogen and oxygen atoms in total. The topological polar surface area (TPSA) is 13.1 Å². The molecule has 0 aliphatic rings. The van der Waals surface area contributed by atoms with Crippen molar-refractivity contribution in [3.8, 4) is 11.1 Å². The number of furan rings is 1. The van der Waals surface area contributed by atoms with Gasteiger partial charge >= 0.3 is 0 Å². The van der Waals surface area contributed by atoms with Crippen LogP contribution in [0.2, 0.25) is 5.02 Å². The van der Waals surface area contributed by atoms with Crippen LogP contribution >= 0.6 is 11.6 Å². The summed E-state index contributed by atoms with van der Waals surface area (Å²) >= 11 is 6.51. The molecule has 1 heterocycles. The van der Waals surface area contributed by atoms with Gasteiger partial charge in [0.1, 0.15) is 11.2 Å². The van der Waals surface area contributed by atoms with E-state index in [0.29, 0.717) is 0 Å². The number of halogens is 1. The monoisotopic (exact) mass is 392 g/mol. The average molecular weight is 393 g/mol. The highest BCUT2D eigenvalue weighted by atomic mass is 35.5. The lowest BCUT2D eigenvalue weighted by molar-refractivity contribution is 0.669. The lowest BCUT2D eigenvalue weighted by atomic mass is 9.94. The van der Waals surface area contributed by atoms with Crippen LogP contribution in [-0.4, -0.2) is 0 Å². The zero-order chi connectivity index (χ0) is 19.5. The van der Waals surface area contributed by atoms with Gasteiger partial charge in [-0.25, -0.2) is 0 Å². The third kappa shape index (κ3) is 2.41. The predicted molar refractivity (Wildman–Crippen MR) is 124 cm³/mol. The van der Waals surface area contributed by atoms with Crippen LogP contribution in [0.4, 0.5) is 0 Å². The molecule has 0 atom stereocenters. The molecule has 138 valence electrons. The van der Waals surface area contributed by atoms with Crippen molar-refractivity contribution >= 4 is 55.1 Å². The van der Waals surface area contributed by atoms with Crippen molar-refractivity contribution in [3.05, 3.63) is 95.5 Å². The van der Waals surface area contributed by atoms with Crippen LogP contribution in [0.1, 0.15) is 5.56 Å². The molecule has 6 rings (SSSR count). The van der Waals surface area contributed by atoms with Crippen molar-refractivity contribution in [1.29, 1.82) is 0 Å². The quantitative estimate of drug-likeness (QED) is 0.273. The number of aryl methyl sites for hydroxylation is 1. The van der Waals surface area contributed by atoms with E-state index in [0.717, 1.165) is 43.3 Å². The Bertz CT molecular complexity index is 1570. The molecule has 0 N–H and O–H groups in total. The molecule has 0 aliphatic carbocycles. The minimum absolute atomic E-state index is 0.719. The van der Waals surface area contributed by atoms with Crippen LogP contribution in [0.15, 0.2) is 89.3 Å². The lowest BCUT2D eigenvalue weighted by Gasteiger charge is -2.09. The van der Waals surface area contributed by atoms with Gasteiger partial charge in [-0.15, -0.1) is 0 Å². The Morgan fingerprint density at radius 1 is 0.655 bits per heavy atom. The normalized spacial score (nSPS) is 11.8. The van der Waals surface area contributed by atoms with E-state index in [9.17, 15) is 0 Å². The first-order valence-corrected chi connectivity index (χ1v) is 10.1. The van der Waals surface area contributed by atoms with Crippen LogP contribution in [0.5, 0.6) is 0 Å². The van der Waals surface area contributed by atoms with Gasteiger partial charge < -0.3 is 4.42 Å². The van der Waals surface area contributed by atoms with E-state index in [-0.39, 0.29) is 0 Å². The van der Waals surface area contributed by atoms with Crippen LogP contribution < -0.4 is 0 Å². The summed E-state index contributed by atoms with van der Waals surface area (Å²) in [5, 5.41) is 7.69. The third-order valence-electron chi connectivity index (χ3n) is 5.85. The maximum Gasteiger partial charge on any atom is 0.137 e. The fourth-order valence-electron chi connectivity index (χ4n) is 4.53. The first-order chi connectivity index (χ1) is 14.2. The third-order valence-corrected chi connectivity index (χ3v) is 6.17. The largest absolute Gasteiger partial charge is 0.456 e. The molecule has 0 fully saturated rings. The minimum atomic E-state index is 0.719. The van der Waals surface area contributed by atoms with Gasteiger partial charge in [0.05, 0.1) is 5.02 Å². The Hall–Kier alpha value is -3.29. The molecule has 1 aromatic heterocycles. The molecule has 2 heteroatoms.